The highest BCUT2D eigenvalue weighted by Crippen LogP contribution is 2.42. The van der Waals surface area contributed by atoms with Gasteiger partial charge in [0.05, 0.1) is 5.60 Å². The van der Waals surface area contributed by atoms with Gasteiger partial charge in [-0.2, -0.15) is 0 Å². The molecule has 0 amide bonds. The summed E-state index contributed by atoms with van der Waals surface area (Å²) in [6, 6.07) is 0.711. The van der Waals surface area contributed by atoms with Gasteiger partial charge in [-0.05, 0) is 50.5 Å². The van der Waals surface area contributed by atoms with Gasteiger partial charge in [0.2, 0.25) is 0 Å². The van der Waals surface area contributed by atoms with Gasteiger partial charge in [0, 0.05) is 12.6 Å². The fraction of sp³-hybridized carbons (Fsp3) is 1.00. The Hall–Kier alpha value is -0.0800. The summed E-state index contributed by atoms with van der Waals surface area (Å²) < 4.78 is 6.31. The summed E-state index contributed by atoms with van der Waals surface area (Å²) in [5.74, 6) is 1.66. The maximum atomic E-state index is 6.31. The lowest BCUT2D eigenvalue weighted by Gasteiger charge is -2.47. The van der Waals surface area contributed by atoms with E-state index >= 15 is 0 Å². The third-order valence-electron chi connectivity index (χ3n) is 5.99. The molecule has 0 aromatic carbocycles. The molecular weight excluding hydrogens is 258 g/mol. The van der Waals surface area contributed by atoms with Crippen molar-refractivity contribution >= 4 is 0 Å². The SMILES string of the molecule is CCCNC(C(CC)CC)C1CCOC2(CCCCC2)C1. The quantitative estimate of drug-likeness (QED) is 0.720. The molecule has 1 saturated heterocycles. The van der Waals surface area contributed by atoms with E-state index in [-0.39, 0.29) is 5.60 Å². The second-order valence-corrected chi connectivity index (χ2v) is 7.40. The van der Waals surface area contributed by atoms with Crippen LogP contribution in [0.25, 0.3) is 0 Å². The second-order valence-electron chi connectivity index (χ2n) is 7.40. The molecule has 0 aromatic heterocycles. The molecule has 2 aliphatic rings. The fourth-order valence-corrected chi connectivity index (χ4v) is 4.74. The average Bonchev–Trinajstić information content (AvgIpc) is 2.52. The lowest BCUT2D eigenvalue weighted by atomic mass is 9.71. The molecule has 1 N–H and O–H groups in total. The first-order chi connectivity index (χ1) is 10.2. The van der Waals surface area contributed by atoms with E-state index in [0.29, 0.717) is 6.04 Å². The number of ether oxygens (including phenoxy) is 1. The zero-order valence-corrected chi connectivity index (χ0v) is 14.6. The number of hydrogen-bond acceptors (Lipinski definition) is 2. The Bertz CT molecular complexity index is 276. The topological polar surface area (TPSA) is 21.3 Å². The molecule has 2 unspecified atom stereocenters. The van der Waals surface area contributed by atoms with Crippen molar-refractivity contribution < 1.29 is 4.74 Å². The first-order valence-electron chi connectivity index (χ1n) is 9.62. The molecule has 124 valence electrons. The number of rotatable bonds is 7. The second kappa shape index (κ2) is 8.53. The normalized spacial score (nSPS) is 27.1. The summed E-state index contributed by atoms with van der Waals surface area (Å²) in [7, 11) is 0. The maximum absolute atomic E-state index is 6.31. The van der Waals surface area contributed by atoms with Crippen molar-refractivity contribution in [1.29, 1.82) is 0 Å². The molecule has 21 heavy (non-hydrogen) atoms. The van der Waals surface area contributed by atoms with Gasteiger partial charge in [0.1, 0.15) is 0 Å². The van der Waals surface area contributed by atoms with Gasteiger partial charge in [-0.1, -0.05) is 52.9 Å². The highest BCUT2D eigenvalue weighted by molar-refractivity contribution is 4.94. The highest BCUT2D eigenvalue weighted by Gasteiger charge is 2.41. The van der Waals surface area contributed by atoms with E-state index in [2.05, 4.69) is 26.1 Å². The molecule has 2 nitrogen and oxygen atoms in total. The Morgan fingerprint density at radius 3 is 2.43 bits per heavy atom. The summed E-state index contributed by atoms with van der Waals surface area (Å²) in [6.45, 7) is 9.18. The Morgan fingerprint density at radius 1 is 1.10 bits per heavy atom. The van der Waals surface area contributed by atoms with E-state index < -0.39 is 0 Å². The van der Waals surface area contributed by atoms with Crippen molar-refractivity contribution in [3.05, 3.63) is 0 Å². The van der Waals surface area contributed by atoms with Gasteiger partial charge in [0.25, 0.3) is 0 Å². The molecule has 0 bridgehead atoms. The molecule has 2 heteroatoms. The van der Waals surface area contributed by atoms with Gasteiger partial charge in [0.15, 0.2) is 0 Å². The minimum atomic E-state index is 0.249. The Kier molecular flexibility index (Phi) is 7.01. The Balaban J connectivity index is 2.03. The van der Waals surface area contributed by atoms with Gasteiger partial charge < -0.3 is 10.1 Å². The summed E-state index contributed by atoms with van der Waals surface area (Å²) in [5, 5.41) is 3.91. The van der Waals surface area contributed by atoms with Crippen LogP contribution >= 0.6 is 0 Å². The average molecular weight is 296 g/mol. The van der Waals surface area contributed by atoms with Gasteiger partial charge in [-0.3, -0.25) is 0 Å². The molecule has 1 aliphatic heterocycles. The van der Waals surface area contributed by atoms with E-state index in [1.807, 2.05) is 0 Å². The number of nitrogens with one attached hydrogen (secondary N) is 1. The third kappa shape index (κ3) is 4.45. The van der Waals surface area contributed by atoms with Crippen LogP contribution in [-0.2, 0) is 4.74 Å². The van der Waals surface area contributed by atoms with E-state index in [4.69, 9.17) is 4.74 Å². The molecule has 1 saturated carbocycles. The van der Waals surface area contributed by atoms with E-state index in [0.717, 1.165) is 18.4 Å². The van der Waals surface area contributed by atoms with Crippen molar-refractivity contribution in [2.24, 2.45) is 11.8 Å². The molecular formula is C19H37NO. The minimum absolute atomic E-state index is 0.249. The van der Waals surface area contributed by atoms with Crippen molar-refractivity contribution in [2.45, 2.75) is 96.6 Å². The van der Waals surface area contributed by atoms with Crippen LogP contribution in [0.3, 0.4) is 0 Å². The van der Waals surface area contributed by atoms with Crippen LogP contribution < -0.4 is 5.32 Å². The minimum Gasteiger partial charge on any atom is -0.375 e. The van der Waals surface area contributed by atoms with Crippen molar-refractivity contribution in [3.8, 4) is 0 Å². The zero-order chi connectivity index (χ0) is 15.1. The summed E-state index contributed by atoms with van der Waals surface area (Å²) >= 11 is 0. The zero-order valence-electron chi connectivity index (χ0n) is 14.6. The predicted octanol–water partition coefficient (Wildman–Crippen LogP) is 4.92. The molecule has 1 aliphatic carbocycles. The van der Waals surface area contributed by atoms with Crippen molar-refractivity contribution in [1.82, 2.24) is 5.32 Å². The molecule has 0 aromatic rings. The highest BCUT2D eigenvalue weighted by atomic mass is 16.5. The molecule has 1 heterocycles. The van der Waals surface area contributed by atoms with Crippen molar-refractivity contribution in [2.75, 3.05) is 13.2 Å². The van der Waals surface area contributed by atoms with Crippen LogP contribution in [-0.4, -0.2) is 24.8 Å². The van der Waals surface area contributed by atoms with Crippen molar-refractivity contribution in [3.63, 3.8) is 0 Å². The lowest BCUT2D eigenvalue weighted by molar-refractivity contribution is -0.124. The van der Waals surface area contributed by atoms with Crippen LogP contribution in [0.1, 0.15) is 85.0 Å². The standard InChI is InChI=1S/C19H37NO/c1-4-13-20-18(16(5-2)6-3)17-10-14-21-19(15-17)11-8-7-9-12-19/h16-18,20H,4-15H2,1-3H3. The molecule has 2 rings (SSSR count). The molecule has 0 radical (unpaired) electrons. The van der Waals surface area contributed by atoms with Crippen LogP contribution in [0.15, 0.2) is 0 Å². The Morgan fingerprint density at radius 2 is 1.81 bits per heavy atom. The predicted molar refractivity (Wildman–Crippen MR) is 90.6 cm³/mol. The van der Waals surface area contributed by atoms with Crippen LogP contribution in [0, 0.1) is 11.8 Å². The van der Waals surface area contributed by atoms with E-state index in [1.165, 1.54) is 70.8 Å². The largest absolute Gasteiger partial charge is 0.375 e. The lowest BCUT2D eigenvalue weighted by Crippen LogP contribution is -2.50. The van der Waals surface area contributed by atoms with Crippen LogP contribution in [0.4, 0.5) is 0 Å². The summed E-state index contributed by atoms with van der Waals surface area (Å²) in [5.41, 5.74) is 0.249. The molecule has 2 fully saturated rings. The number of hydrogen-bond donors (Lipinski definition) is 1. The van der Waals surface area contributed by atoms with Crippen LogP contribution in [0.5, 0.6) is 0 Å². The molecule has 2 atom stereocenters. The van der Waals surface area contributed by atoms with E-state index in [9.17, 15) is 0 Å². The van der Waals surface area contributed by atoms with Gasteiger partial charge in [-0.15, -0.1) is 0 Å². The maximum Gasteiger partial charge on any atom is 0.0685 e. The molecule has 1 spiro atoms. The smallest absolute Gasteiger partial charge is 0.0685 e. The van der Waals surface area contributed by atoms with Gasteiger partial charge >= 0.3 is 0 Å². The summed E-state index contributed by atoms with van der Waals surface area (Å²) in [4.78, 5) is 0. The Labute approximate surface area is 132 Å². The van der Waals surface area contributed by atoms with E-state index in [1.54, 1.807) is 0 Å². The summed E-state index contributed by atoms with van der Waals surface area (Å²) in [6.07, 6.45) is 13.2. The first kappa shape index (κ1) is 17.3. The third-order valence-corrected chi connectivity index (χ3v) is 5.99. The van der Waals surface area contributed by atoms with Crippen LogP contribution in [0.2, 0.25) is 0 Å². The van der Waals surface area contributed by atoms with Gasteiger partial charge in [-0.25, -0.2) is 0 Å². The first-order valence-corrected chi connectivity index (χ1v) is 9.62. The monoisotopic (exact) mass is 295 g/mol. The fourth-order valence-electron chi connectivity index (χ4n) is 4.74.